The van der Waals surface area contributed by atoms with Crippen LogP contribution in [0.15, 0.2) is 41.0 Å². The number of benzene rings is 1. The molecule has 1 aromatic carbocycles. The van der Waals surface area contributed by atoms with Crippen LogP contribution in [0.25, 0.3) is 11.1 Å². The van der Waals surface area contributed by atoms with E-state index in [1.807, 2.05) is 0 Å². The predicted molar refractivity (Wildman–Crippen MR) is 87.4 cm³/mol. The number of rotatable bonds is 5. The summed E-state index contributed by atoms with van der Waals surface area (Å²) in [7, 11) is 0. The Morgan fingerprint density at radius 2 is 1.81 bits per heavy atom. The van der Waals surface area contributed by atoms with Gasteiger partial charge in [-0.1, -0.05) is 50.5 Å². The molecular formula is C19H25NO. The molecule has 1 aliphatic carbocycles. The minimum atomic E-state index is 0.776. The lowest BCUT2D eigenvalue weighted by Gasteiger charge is -2.22. The van der Waals surface area contributed by atoms with Crippen molar-refractivity contribution in [3.05, 3.63) is 47.9 Å². The molecule has 112 valence electrons. The van der Waals surface area contributed by atoms with Gasteiger partial charge in [0.2, 0.25) is 0 Å². The zero-order chi connectivity index (χ0) is 14.5. The Kier molecular flexibility index (Phi) is 4.76. The highest BCUT2D eigenvalue weighted by Gasteiger charge is 2.15. The summed E-state index contributed by atoms with van der Waals surface area (Å²) in [5.41, 5.74) is 3.98. The van der Waals surface area contributed by atoms with E-state index >= 15 is 0 Å². The Labute approximate surface area is 127 Å². The van der Waals surface area contributed by atoms with Gasteiger partial charge < -0.3 is 9.73 Å². The van der Waals surface area contributed by atoms with Crippen molar-refractivity contribution in [3.63, 3.8) is 0 Å². The van der Waals surface area contributed by atoms with Crippen LogP contribution < -0.4 is 5.32 Å². The van der Waals surface area contributed by atoms with E-state index in [0.717, 1.165) is 24.8 Å². The van der Waals surface area contributed by atoms with Crippen LogP contribution in [0.2, 0.25) is 0 Å². The van der Waals surface area contributed by atoms with Gasteiger partial charge in [0, 0.05) is 5.56 Å². The second-order valence-corrected chi connectivity index (χ2v) is 5.99. The topological polar surface area (TPSA) is 25.2 Å². The first kappa shape index (κ1) is 14.4. The Morgan fingerprint density at radius 3 is 2.52 bits per heavy atom. The van der Waals surface area contributed by atoms with E-state index in [1.54, 1.807) is 6.26 Å². The molecule has 21 heavy (non-hydrogen) atoms. The maximum absolute atomic E-state index is 5.61. The molecule has 1 aromatic heterocycles. The second-order valence-electron chi connectivity index (χ2n) is 5.99. The zero-order valence-electron chi connectivity index (χ0n) is 12.9. The van der Waals surface area contributed by atoms with Gasteiger partial charge in [-0.15, -0.1) is 0 Å². The van der Waals surface area contributed by atoms with Crippen molar-refractivity contribution in [2.45, 2.75) is 51.5 Å². The maximum Gasteiger partial charge on any atom is 0.125 e. The fourth-order valence-corrected chi connectivity index (χ4v) is 3.34. The molecular weight excluding hydrogens is 258 g/mol. The van der Waals surface area contributed by atoms with Gasteiger partial charge in [-0.25, -0.2) is 0 Å². The lowest BCUT2D eigenvalue weighted by molar-refractivity contribution is 0.443. The third-order valence-electron chi connectivity index (χ3n) is 4.58. The lowest BCUT2D eigenvalue weighted by Crippen LogP contribution is -2.11. The summed E-state index contributed by atoms with van der Waals surface area (Å²) >= 11 is 0. The fraction of sp³-hybridized carbons (Fsp3) is 0.474. The van der Waals surface area contributed by atoms with Crippen LogP contribution >= 0.6 is 0 Å². The first-order chi connectivity index (χ1) is 10.4. The summed E-state index contributed by atoms with van der Waals surface area (Å²) in [5.74, 6) is 1.81. The molecule has 2 nitrogen and oxygen atoms in total. The molecule has 2 heteroatoms. The molecule has 1 heterocycles. The van der Waals surface area contributed by atoms with Gasteiger partial charge in [-0.3, -0.25) is 0 Å². The molecule has 0 atom stereocenters. The molecule has 0 bridgehead atoms. The largest absolute Gasteiger partial charge is 0.467 e. The number of furan rings is 1. The van der Waals surface area contributed by atoms with Gasteiger partial charge in [0.15, 0.2) is 0 Å². The van der Waals surface area contributed by atoms with Crippen molar-refractivity contribution >= 4 is 0 Å². The second kappa shape index (κ2) is 6.95. The average Bonchev–Trinajstić information content (AvgIpc) is 3.02. The third kappa shape index (κ3) is 3.38. The highest BCUT2D eigenvalue weighted by Crippen LogP contribution is 2.34. The van der Waals surface area contributed by atoms with Crippen LogP contribution in [0.1, 0.15) is 56.3 Å². The maximum atomic E-state index is 5.61. The Hall–Kier alpha value is -1.54. The lowest BCUT2D eigenvalue weighted by atomic mass is 9.84. The molecule has 1 aliphatic rings. The third-order valence-corrected chi connectivity index (χ3v) is 4.58. The van der Waals surface area contributed by atoms with Gasteiger partial charge in [0.05, 0.1) is 12.8 Å². The van der Waals surface area contributed by atoms with Crippen molar-refractivity contribution in [1.82, 2.24) is 5.32 Å². The summed E-state index contributed by atoms with van der Waals surface area (Å²) < 4.78 is 5.61. The summed E-state index contributed by atoms with van der Waals surface area (Å²) in [6.07, 6.45) is 8.70. The van der Waals surface area contributed by atoms with E-state index in [0.29, 0.717) is 0 Å². The van der Waals surface area contributed by atoms with Crippen molar-refractivity contribution in [2.24, 2.45) is 0 Å². The molecule has 0 saturated heterocycles. The molecule has 1 N–H and O–H groups in total. The van der Waals surface area contributed by atoms with E-state index in [1.165, 1.54) is 48.8 Å². The molecule has 0 radical (unpaired) electrons. The van der Waals surface area contributed by atoms with Crippen molar-refractivity contribution < 1.29 is 4.42 Å². The Balaban J connectivity index is 1.76. The smallest absolute Gasteiger partial charge is 0.125 e. The van der Waals surface area contributed by atoms with Crippen LogP contribution in [0.4, 0.5) is 0 Å². The van der Waals surface area contributed by atoms with Crippen LogP contribution in [0.3, 0.4) is 0 Å². The van der Waals surface area contributed by atoms with E-state index < -0.39 is 0 Å². The Morgan fingerprint density at radius 1 is 1.05 bits per heavy atom. The zero-order valence-corrected chi connectivity index (χ0v) is 12.9. The van der Waals surface area contributed by atoms with Gasteiger partial charge in [-0.2, -0.15) is 0 Å². The molecule has 2 aromatic rings. The van der Waals surface area contributed by atoms with Crippen molar-refractivity contribution in [1.29, 1.82) is 0 Å². The summed E-state index contributed by atoms with van der Waals surface area (Å²) in [6.45, 7) is 3.87. The van der Waals surface area contributed by atoms with Crippen molar-refractivity contribution in [3.8, 4) is 11.1 Å². The van der Waals surface area contributed by atoms with Gasteiger partial charge in [0.1, 0.15) is 5.76 Å². The molecule has 1 fully saturated rings. The first-order valence-corrected chi connectivity index (χ1v) is 8.26. The fourth-order valence-electron chi connectivity index (χ4n) is 3.34. The summed E-state index contributed by atoms with van der Waals surface area (Å²) in [5, 5.41) is 3.33. The molecule has 0 aliphatic heterocycles. The molecule has 1 saturated carbocycles. The van der Waals surface area contributed by atoms with E-state index in [9.17, 15) is 0 Å². The van der Waals surface area contributed by atoms with Gasteiger partial charge in [0.25, 0.3) is 0 Å². The van der Waals surface area contributed by atoms with Gasteiger partial charge >= 0.3 is 0 Å². The molecule has 3 rings (SSSR count). The van der Waals surface area contributed by atoms with Crippen LogP contribution in [-0.2, 0) is 6.54 Å². The number of hydrogen-bond acceptors (Lipinski definition) is 2. The normalized spacial score (nSPS) is 16.2. The minimum absolute atomic E-state index is 0.776. The summed E-state index contributed by atoms with van der Waals surface area (Å²) in [4.78, 5) is 0. The van der Waals surface area contributed by atoms with Crippen molar-refractivity contribution in [2.75, 3.05) is 6.54 Å². The monoisotopic (exact) mass is 283 g/mol. The Bertz CT molecular complexity index is 549. The molecule has 0 unspecified atom stereocenters. The SMILES string of the molecule is CCNCc1occc1-c1ccc(C2CCCCC2)cc1. The predicted octanol–water partition coefficient (Wildman–Crippen LogP) is 5.10. The molecule has 0 amide bonds. The number of hydrogen-bond donors (Lipinski definition) is 1. The minimum Gasteiger partial charge on any atom is -0.467 e. The first-order valence-electron chi connectivity index (χ1n) is 8.26. The van der Waals surface area contributed by atoms with Gasteiger partial charge in [-0.05, 0) is 42.5 Å². The van der Waals surface area contributed by atoms with Crippen LogP contribution in [0, 0.1) is 0 Å². The average molecular weight is 283 g/mol. The van der Waals surface area contributed by atoms with E-state index in [4.69, 9.17) is 4.42 Å². The molecule has 0 spiro atoms. The van der Waals surface area contributed by atoms with E-state index in [2.05, 4.69) is 42.6 Å². The highest BCUT2D eigenvalue weighted by molar-refractivity contribution is 5.65. The number of nitrogens with one attached hydrogen (secondary N) is 1. The van der Waals surface area contributed by atoms with Crippen LogP contribution in [0.5, 0.6) is 0 Å². The highest BCUT2D eigenvalue weighted by atomic mass is 16.3. The van der Waals surface area contributed by atoms with E-state index in [-0.39, 0.29) is 0 Å². The van der Waals surface area contributed by atoms with Crippen LogP contribution in [-0.4, -0.2) is 6.54 Å². The quantitative estimate of drug-likeness (QED) is 0.825. The summed E-state index contributed by atoms with van der Waals surface area (Å²) in [6, 6.07) is 11.2. The standard InChI is InChI=1S/C19H25NO/c1-2-20-14-19-18(12-13-21-19)17-10-8-16(9-11-17)15-6-4-3-5-7-15/h8-13,15,20H,2-7,14H2,1H3.